The van der Waals surface area contributed by atoms with Crippen molar-refractivity contribution in [2.24, 2.45) is 0 Å². The van der Waals surface area contributed by atoms with Crippen molar-refractivity contribution < 1.29 is 14.3 Å². The Kier molecular flexibility index (Phi) is 5.01. The molecule has 3 heterocycles. The molecule has 1 aliphatic rings. The molecule has 0 unspecified atom stereocenters. The van der Waals surface area contributed by atoms with Crippen molar-refractivity contribution in [3.63, 3.8) is 0 Å². The van der Waals surface area contributed by atoms with Crippen LogP contribution in [-0.4, -0.2) is 27.9 Å². The molecule has 0 atom stereocenters. The molecule has 0 bridgehead atoms. The summed E-state index contributed by atoms with van der Waals surface area (Å²) in [7, 11) is 0. The molecule has 4 rings (SSSR count). The fraction of sp³-hybridized carbons (Fsp3) is 0.190. The van der Waals surface area contributed by atoms with Gasteiger partial charge in [-0.05, 0) is 32.0 Å². The maximum absolute atomic E-state index is 12.9. The number of nitrogen functional groups attached to an aromatic ring is 2. The summed E-state index contributed by atoms with van der Waals surface area (Å²) in [5.74, 6) is 1.62. The van der Waals surface area contributed by atoms with E-state index in [1.54, 1.807) is 0 Å². The van der Waals surface area contributed by atoms with E-state index in [9.17, 15) is 10.1 Å². The molecule has 9 heteroatoms. The maximum Gasteiger partial charge on any atom is 0.231 e. The number of anilines is 2. The van der Waals surface area contributed by atoms with Gasteiger partial charge in [-0.25, -0.2) is 4.98 Å². The summed E-state index contributed by atoms with van der Waals surface area (Å²) in [6.45, 7) is 4.04. The molecular weight excluding hydrogens is 402 g/mol. The average molecular weight is 421 g/mol. The number of hydrogen-bond donors (Lipinski definition) is 2. The van der Waals surface area contributed by atoms with Crippen molar-refractivity contribution >= 4 is 29.1 Å². The quantitative estimate of drug-likeness (QED) is 0.474. The normalized spacial score (nSPS) is 12.0. The smallest absolute Gasteiger partial charge is 0.231 e. The van der Waals surface area contributed by atoms with Gasteiger partial charge in [-0.15, -0.1) is 0 Å². The zero-order chi connectivity index (χ0) is 21.4. The maximum atomic E-state index is 12.9. The minimum absolute atomic E-state index is 0.0771. The van der Waals surface area contributed by atoms with Gasteiger partial charge in [0.15, 0.2) is 17.3 Å². The highest BCUT2D eigenvalue weighted by Crippen LogP contribution is 2.35. The number of benzene rings is 1. The molecule has 0 amide bonds. The van der Waals surface area contributed by atoms with E-state index >= 15 is 0 Å². The Morgan fingerprint density at radius 3 is 2.77 bits per heavy atom. The van der Waals surface area contributed by atoms with Crippen LogP contribution in [0.25, 0.3) is 5.69 Å². The van der Waals surface area contributed by atoms with Crippen molar-refractivity contribution in [1.82, 2.24) is 9.55 Å². The topological polar surface area (TPSA) is 129 Å². The Morgan fingerprint density at radius 1 is 1.23 bits per heavy atom. The van der Waals surface area contributed by atoms with Crippen LogP contribution >= 0.6 is 11.8 Å². The van der Waals surface area contributed by atoms with E-state index in [2.05, 4.69) is 4.98 Å². The molecule has 8 nitrogen and oxygen atoms in total. The van der Waals surface area contributed by atoms with Crippen molar-refractivity contribution in [3.8, 4) is 23.3 Å². The van der Waals surface area contributed by atoms with Gasteiger partial charge in [0.05, 0.1) is 11.4 Å². The monoisotopic (exact) mass is 421 g/mol. The molecule has 1 aromatic carbocycles. The molecule has 2 aromatic heterocycles. The van der Waals surface area contributed by atoms with Crippen molar-refractivity contribution in [3.05, 3.63) is 52.8 Å². The second-order valence-electron chi connectivity index (χ2n) is 6.80. The molecule has 4 N–H and O–H groups in total. The Bertz CT molecular complexity index is 1210. The Balaban J connectivity index is 1.59. The van der Waals surface area contributed by atoms with Crippen LogP contribution in [0.4, 0.5) is 11.5 Å². The van der Waals surface area contributed by atoms with Gasteiger partial charge < -0.3 is 25.5 Å². The minimum Gasteiger partial charge on any atom is -0.454 e. The number of hydrogen-bond acceptors (Lipinski definition) is 8. The molecule has 152 valence electrons. The minimum atomic E-state index is -0.0771. The second-order valence-corrected chi connectivity index (χ2v) is 7.76. The average Bonchev–Trinajstić information content (AvgIpc) is 3.29. The molecule has 0 saturated heterocycles. The van der Waals surface area contributed by atoms with Crippen molar-refractivity contribution in [1.29, 1.82) is 5.26 Å². The van der Waals surface area contributed by atoms with E-state index in [0.29, 0.717) is 22.1 Å². The molecular formula is C21H19N5O3S. The number of nitriles is 1. The predicted molar refractivity (Wildman–Crippen MR) is 114 cm³/mol. The summed E-state index contributed by atoms with van der Waals surface area (Å²) in [6, 6.07) is 11.0. The number of fused-ring (bicyclic) bond motifs is 1. The first-order valence-electron chi connectivity index (χ1n) is 9.10. The number of carbonyl (C=O) groups excluding carboxylic acids is 1. The lowest BCUT2D eigenvalue weighted by molar-refractivity contribution is 0.102. The Hall–Kier alpha value is -3.64. The van der Waals surface area contributed by atoms with Gasteiger partial charge >= 0.3 is 0 Å². The number of aryl methyl sites for hydroxylation is 1. The van der Waals surface area contributed by atoms with E-state index in [1.807, 2.05) is 48.7 Å². The molecule has 0 aliphatic carbocycles. The fourth-order valence-corrected chi connectivity index (χ4v) is 4.36. The predicted octanol–water partition coefficient (Wildman–Crippen LogP) is 3.23. The number of Topliss-reactive ketones (excluding diaryl/α,β-unsaturated/α-hetero) is 1. The summed E-state index contributed by atoms with van der Waals surface area (Å²) >= 11 is 1.15. The number of carbonyl (C=O) groups is 1. The Labute approximate surface area is 177 Å². The van der Waals surface area contributed by atoms with Crippen LogP contribution in [0.2, 0.25) is 0 Å². The zero-order valence-corrected chi connectivity index (χ0v) is 17.2. The van der Waals surface area contributed by atoms with E-state index in [1.165, 1.54) is 6.07 Å². The SMILES string of the molecule is Cc1cc(C(=O)CSc2nc(N)cc(N)c2C#N)c(C)n1-c1ccc2c(c1)OCO2. The standard InChI is InChI=1S/C21H19N5O3S/c1-11-5-14(12(2)26(11)13-3-4-18-19(6-13)29-10-28-18)17(27)9-30-21-15(8-22)16(23)7-20(24)25-21/h3-7H,9-10H2,1-2H3,(H4,23,24,25). The van der Waals surface area contributed by atoms with E-state index < -0.39 is 0 Å². The molecule has 0 fully saturated rings. The lowest BCUT2D eigenvalue weighted by Crippen LogP contribution is -2.07. The van der Waals surface area contributed by atoms with Gasteiger partial charge in [0.25, 0.3) is 0 Å². The number of nitrogens with two attached hydrogens (primary N) is 2. The number of pyridine rings is 1. The third kappa shape index (κ3) is 3.42. The highest BCUT2D eigenvalue weighted by atomic mass is 32.2. The van der Waals surface area contributed by atoms with Crippen LogP contribution in [0.3, 0.4) is 0 Å². The van der Waals surface area contributed by atoms with Crippen molar-refractivity contribution in [2.45, 2.75) is 18.9 Å². The first kappa shape index (κ1) is 19.7. The summed E-state index contributed by atoms with van der Waals surface area (Å²) in [5.41, 5.74) is 15.3. The van der Waals surface area contributed by atoms with Gasteiger partial charge in [-0.3, -0.25) is 4.79 Å². The highest BCUT2D eigenvalue weighted by Gasteiger charge is 2.20. The number of thioether (sulfide) groups is 1. The highest BCUT2D eigenvalue weighted by molar-refractivity contribution is 8.00. The molecule has 0 spiro atoms. The second kappa shape index (κ2) is 7.65. The Morgan fingerprint density at radius 2 is 2.00 bits per heavy atom. The van der Waals surface area contributed by atoms with E-state index in [4.69, 9.17) is 20.9 Å². The fourth-order valence-electron chi connectivity index (χ4n) is 3.46. The third-order valence-electron chi connectivity index (χ3n) is 4.83. The third-order valence-corrected chi connectivity index (χ3v) is 5.81. The molecule has 0 saturated carbocycles. The number of ketones is 1. The van der Waals surface area contributed by atoms with Gasteiger partial charge in [0.1, 0.15) is 22.5 Å². The van der Waals surface area contributed by atoms with Gasteiger partial charge in [0.2, 0.25) is 6.79 Å². The number of aromatic nitrogens is 2. The van der Waals surface area contributed by atoms with Crippen LogP contribution in [0.15, 0.2) is 35.4 Å². The number of ether oxygens (including phenoxy) is 2. The van der Waals surface area contributed by atoms with Gasteiger partial charge in [-0.1, -0.05) is 11.8 Å². The summed E-state index contributed by atoms with van der Waals surface area (Å²) in [4.78, 5) is 17.1. The number of nitrogens with zero attached hydrogens (tertiary/aromatic N) is 3. The van der Waals surface area contributed by atoms with Crippen molar-refractivity contribution in [2.75, 3.05) is 24.0 Å². The van der Waals surface area contributed by atoms with Crippen LogP contribution in [-0.2, 0) is 0 Å². The van der Waals surface area contributed by atoms with Crippen LogP contribution in [0.5, 0.6) is 11.5 Å². The van der Waals surface area contributed by atoms with E-state index in [0.717, 1.165) is 28.8 Å². The summed E-state index contributed by atoms with van der Waals surface area (Å²) in [5, 5.41) is 9.67. The largest absolute Gasteiger partial charge is 0.454 e. The summed E-state index contributed by atoms with van der Waals surface area (Å²) < 4.78 is 12.8. The molecule has 30 heavy (non-hydrogen) atoms. The first-order valence-corrected chi connectivity index (χ1v) is 10.1. The van der Waals surface area contributed by atoms with Crippen LogP contribution in [0, 0.1) is 25.2 Å². The molecule has 0 radical (unpaired) electrons. The van der Waals surface area contributed by atoms with E-state index in [-0.39, 0.29) is 35.4 Å². The van der Waals surface area contributed by atoms with Crippen LogP contribution in [0.1, 0.15) is 27.3 Å². The number of rotatable bonds is 5. The van der Waals surface area contributed by atoms with Gasteiger partial charge in [0, 0.05) is 34.8 Å². The molecule has 3 aromatic rings. The van der Waals surface area contributed by atoms with Crippen LogP contribution < -0.4 is 20.9 Å². The molecule has 1 aliphatic heterocycles. The zero-order valence-electron chi connectivity index (χ0n) is 16.4. The first-order chi connectivity index (χ1) is 14.4. The lowest BCUT2D eigenvalue weighted by atomic mass is 10.2. The summed E-state index contributed by atoms with van der Waals surface area (Å²) in [6.07, 6.45) is 0. The lowest BCUT2D eigenvalue weighted by Gasteiger charge is -2.11. The van der Waals surface area contributed by atoms with Gasteiger partial charge in [-0.2, -0.15) is 5.26 Å².